The van der Waals surface area contributed by atoms with Gasteiger partial charge in [-0.05, 0) is 41.8 Å². The van der Waals surface area contributed by atoms with Crippen LogP contribution >= 0.6 is 0 Å². The number of hydrogen-bond donors (Lipinski definition) is 1. The van der Waals surface area contributed by atoms with Crippen molar-refractivity contribution in [2.24, 2.45) is 10.2 Å². The minimum Gasteiger partial charge on any atom is -0.478 e. The summed E-state index contributed by atoms with van der Waals surface area (Å²) in [4.78, 5) is 10.8. The molecule has 2 aromatic rings. The highest BCUT2D eigenvalue weighted by atomic mass is 16.4. The Morgan fingerprint density at radius 2 is 1.65 bits per heavy atom. The molecular formula is C16H16N2O2. The topological polar surface area (TPSA) is 62.0 Å². The van der Waals surface area contributed by atoms with Gasteiger partial charge in [-0.25, -0.2) is 4.79 Å². The van der Waals surface area contributed by atoms with Crippen LogP contribution in [0.3, 0.4) is 0 Å². The number of azo groups is 1. The molecule has 0 aliphatic rings. The van der Waals surface area contributed by atoms with E-state index < -0.39 is 5.97 Å². The molecule has 0 bridgehead atoms. The molecule has 0 aliphatic carbocycles. The van der Waals surface area contributed by atoms with Gasteiger partial charge in [-0.2, -0.15) is 10.2 Å². The molecule has 0 spiro atoms. The predicted octanol–water partition coefficient (Wildman–Crippen LogP) is 4.92. The second-order valence-corrected chi connectivity index (χ2v) is 4.77. The summed E-state index contributed by atoms with van der Waals surface area (Å²) < 4.78 is 0. The van der Waals surface area contributed by atoms with Crippen molar-refractivity contribution in [1.29, 1.82) is 0 Å². The fraction of sp³-hybridized carbons (Fsp3) is 0.188. The highest BCUT2D eigenvalue weighted by molar-refractivity contribution is 5.87. The second kappa shape index (κ2) is 6.10. The molecule has 0 saturated carbocycles. The molecule has 4 nitrogen and oxygen atoms in total. The Hall–Kier alpha value is -2.49. The summed E-state index contributed by atoms with van der Waals surface area (Å²) in [5.74, 6) is -0.571. The molecule has 1 N–H and O–H groups in total. The van der Waals surface area contributed by atoms with E-state index >= 15 is 0 Å². The number of nitrogens with zero attached hydrogens (tertiary/aromatic N) is 2. The molecule has 0 saturated heterocycles. The van der Waals surface area contributed by atoms with Gasteiger partial charge in [-0.3, -0.25) is 0 Å². The molecule has 2 rings (SSSR count). The average molecular weight is 268 g/mol. The van der Waals surface area contributed by atoms with E-state index in [-0.39, 0.29) is 5.56 Å². The van der Waals surface area contributed by atoms with E-state index in [0.717, 1.165) is 11.3 Å². The van der Waals surface area contributed by atoms with Crippen molar-refractivity contribution in [1.82, 2.24) is 0 Å². The molecule has 4 heteroatoms. The Balaban J connectivity index is 2.23. The van der Waals surface area contributed by atoms with Crippen molar-refractivity contribution < 1.29 is 9.90 Å². The maximum Gasteiger partial charge on any atom is 0.335 e. The molecule has 0 unspecified atom stereocenters. The van der Waals surface area contributed by atoms with Gasteiger partial charge in [0.25, 0.3) is 0 Å². The van der Waals surface area contributed by atoms with Crippen LogP contribution in [-0.4, -0.2) is 11.1 Å². The average Bonchev–Trinajstić information content (AvgIpc) is 2.45. The second-order valence-electron chi connectivity index (χ2n) is 4.77. The molecule has 0 aromatic heterocycles. The van der Waals surface area contributed by atoms with Gasteiger partial charge in [0.15, 0.2) is 0 Å². The third-order valence-corrected chi connectivity index (χ3v) is 2.95. The molecule has 0 amide bonds. The maximum absolute atomic E-state index is 10.8. The van der Waals surface area contributed by atoms with Crippen molar-refractivity contribution in [2.75, 3.05) is 0 Å². The van der Waals surface area contributed by atoms with Crippen LogP contribution in [0.2, 0.25) is 0 Å². The fourth-order valence-electron chi connectivity index (χ4n) is 1.85. The van der Waals surface area contributed by atoms with Crippen LogP contribution in [0.15, 0.2) is 58.8 Å². The van der Waals surface area contributed by atoms with E-state index in [1.807, 2.05) is 24.3 Å². The van der Waals surface area contributed by atoms with Crippen molar-refractivity contribution in [3.63, 3.8) is 0 Å². The third kappa shape index (κ3) is 3.29. The van der Waals surface area contributed by atoms with E-state index in [2.05, 4.69) is 24.1 Å². The number of aromatic carboxylic acids is 1. The summed E-state index contributed by atoms with van der Waals surface area (Å²) in [5, 5.41) is 17.2. The van der Waals surface area contributed by atoms with E-state index in [0.29, 0.717) is 11.6 Å². The summed E-state index contributed by atoms with van der Waals surface area (Å²) >= 11 is 0. The van der Waals surface area contributed by atoms with Gasteiger partial charge < -0.3 is 5.11 Å². The monoisotopic (exact) mass is 268 g/mol. The van der Waals surface area contributed by atoms with Gasteiger partial charge >= 0.3 is 5.97 Å². The van der Waals surface area contributed by atoms with Crippen LogP contribution < -0.4 is 0 Å². The molecule has 0 aliphatic heterocycles. The van der Waals surface area contributed by atoms with Gasteiger partial charge in [-0.15, -0.1) is 0 Å². The Bertz CT molecular complexity index is 631. The van der Waals surface area contributed by atoms with E-state index in [4.69, 9.17) is 5.11 Å². The summed E-state index contributed by atoms with van der Waals surface area (Å²) in [6.07, 6.45) is 0. The molecule has 2 aromatic carbocycles. The summed E-state index contributed by atoms with van der Waals surface area (Å²) in [7, 11) is 0. The fourth-order valence-corrected chi connectivity index (χ4v) is 1.85. The lowest BCUT2D eigenvalue weighted by Crippen LogP contribution is -1.93. The lowest BCUT2D eigenvalue weighted by molar-refractivity contribution is 0.0697. The van der Waals surface area contributed by atoms with E-state index in [1.54, 1.807) is 12.1 Å². The Morgan fingerprint density at radius 3 is 2.25 bits per heavy atom. The van der Waals surface area contributed by atoms with Crippen LogP contribution in [0.4, 0.5) is 11.4 Å². The summed E-state index contributed by atoms with van der Waals surface area (Å²) in [6.45, 7) is 4.21. The van der Waals surface area contributed by atoms with Crippen molar-refractivity contribution >= 4 is 17.3 Å². The van der Waals surface area contributed by atoms with E-state index in [1.165, 1.54) is 12.1 Å². The number of carbonyl (C=O) groups is 1. The smallest absolute Gasteiger partial charge is 0.335 e. The number of carboxylic acids is 1. The minimum absolute atomic E-state index is 0.242. The third-order valence-electron chi connectivity index (χ3n) is 2.95. The van der Waals surface area contributed by atoms with Gasteiger partial charge in [0.05, 0.1) is 16.9 Å². The number of rotatable bonds is 4. The van der Waals surface area contributed by atoms with Crippen LogP contribution in [0, 0.1) is 0 Å². The molecule has 102 valence electrons. The van der Waals surface area contributed by atoms with Crippen molar-refractivity contribution in [3.05, 3.63) is 59.7 Å². The molecule has 20 heavy (non-hydrogen) atoms. The lowest BCUT2D eigenvalue weighted by Gasteiger charge is -2.07. The zero-order valence-corrected chi connectivity index (χ0v) is 11.4. The Morgan fingerprint density at radius 1 is 1.00 bits per heavy atom. The molecule has 0 atom stereocenters. The molecular weight excluding hydrogens is 252 g/mol. The van der Waals surface area contributed by atoms with Crippen molar-refractivity contribution in [2.45, 2.75) is 19.8 Å². The first-order chi connectivity index (χ1) is 9.58. The van der Waals surface area contributed by atoms with E-state index in [9.17, 15) is 4.79 Å². The van der Waals surface area contributed by atoms with Gasteiger partial charge in [0.2, 0.25) is 0 Å². The maximum atomic E-state index is 10.8. The van der Waals surface area contributed by atoms with Gasteiger partial charge in [0, 0.05) is 0 Å². The SMILES string of the molecule is CC(C)c1ccccc1N=Nc1ccc(C(=O)O)cc1. The normalized spacial score (nSPS) is 11.2. The zero-order valence-electron chi connectivity index (χ0n) is 11.4. The van der Waals surface area contributed by atoms with Gasteiger partial charge in [-0.1, -0.05) is 32.0 Å². The van der Waals surface area contributed by atoms with Crippen LogP contribution in [-0.2, 0) is 0 Å². The Labute approximate surface area is 117 Å². The van der Waals surface area contributed by atoms with Crippen LogP contribution in [0.5, 0.6) is 0 Å². The molecule has 0 fully saturated rings. The summed E-state index contributed by atoms with van der Waals surface area (Å²) in [5.41, 5.74) is 2.85. The minimum atomic E-state index is -0.946. The van der Waals surface area contributed by atoms with Gasteiger partial charge in [0.1, 0.15) is 0 Å². The zero-order chi connectivity index (χ0) is 14.5. The first-order valence-corrected chi connectivity index (χ1v) is 6.42. The predicted molar refractivity (Wildman–Crippen MR) is 78.1 cm³/mol. The molecule has 0 heterocycles. The van der Waals surface area contributed by atoms with Crippen LogP contribution in [0.1, 0.15) is 35.7 Å². The van der Waals surface area contributed by atoms with Crippen molar-refractivity contribution in [3.8, 4) is 0 Å². The highest BCUT2D eigenvalue weighted by Gasteiger charge is 2.05. The number of carboxylic acid groups (broad SMARTS) is 1. The summed E-state index contributed by atoms with van der Waals surface area (Å²) in [6, 6.07) is 14.2. The lowest BCUT2D eigenvalue weighted by atomic mass is 10.0. The first kappa shape index (κ1) is 13.9. The highest BCUT2D eigenvalue weighted by Crippen LogP contribution is 2.27. The molecule has 0 radical (unpaired) electrons. The largest absolute Gasteiger partial charge is 0.478 e. The quantitative estimate of drug-likeness (QED) is 0.799. The standard InChI is InChI=1S/C16H16N2O2/c1-11(2)14-5-3-4-6-15(14)18-17-13-9-7-12(8-10-13)16(19)20/h3-11H,1-2H3,(H,19,20). The number of hydrogen-bond acceptors (Lipinski definition) is 3. The Kier molecular flexibility index (Phi) is 4.25. The first-order valence-electron chi connectivity index (χ1n) is 6.42. The van der Waals surface area contributed by atoms with Crippen LogP contribution in [0.25, 0.3) is 0 Å². The number of benzene rings is 2.